The summed E-state index contributed by atoms with van der Waals surface area (Å²) in [5.41, 5.74) is 1.06. The summed E-state index contributed by atoms with van der Waals surface area (Å²) in [6, 6.07) is 0. The first-order valence-electron chi connectivity index (χ1n) is 3.26. The molecule has 0 radical (unpaired) electrons. The summed E-state index contributed by atoms with van der Waals surface area (Å²) in [5.74, 6) is 1.64. The molecule has 1 aliphatic rings. The van der Waals surface area contributed by atoms with Crippen LogP contribution < -0.4 is 0 Å². The van der Waals surface area contributed by atoms with Gasteiger partial charge in [-0.2, -0.15) is 0 Å². The molecular weight excluding hydrogens is 231 g/mol. The van der Waals surface area contributed by atoms with Crippen molar-refractivity contribution in [2.75, 3.05) is 0 Å². The Morgan fingerprint density at radius 2 is 1.75 bits per heavy atom. The molecule has 0 heterocycles. The number of rotatable bonds is 1. The summed E-state index contributed by atoms with van der Waals surface area (Å²) in [6.07, 6.45) is 7.48. The Morgan fingerprint density at radius 3 is 2.12 bits per heavy atom. The molecule has 0 atom stereocenters. The second kappa shape index (κ2) is 3.99. The van der Waals surface area contributed by atoms with Crippen LogP contribution in [0.2, 0.25) is 0 Å². The van der Waals surface area contributed by atoms with Crippen molar-refractivity contribution in [2.24, 2.45) is 0 Å². The maximum absolute atomic E-state index is 2.22. The summed E-state index contributed by atoms with van der Waals surface area (Å²) in [6.45, 7) is 0. The standard InChI is InChI=1S/C6H11PTe/c8-7-6-4-2-1-3-5-6/h6H,1-5H2. The van der Waals surface area contributed by atoms with Crippen LogP contribution in [0, 0.1) is 0 Å². The summed E-state index contributed by atoms with van der Waals surface area (Å²) in [7, 11) is 0. The number of hydrogen-bond donors (Lipinski definition) is 0. The fraction of sp³-hybridized carbons (Fsp3) is 1.00. The average Bonchev–Trinajstić information content (AvgIpc) is 1.90. The normalized spacial score (nSPS) is 24.0. The van der Waals surface area contributed by atoms with E-state index in [4.69, 9.17) is 0 Å². The second-order valence-electron chi connectivity index (χ2n) is 2.40. The van der Waals surface area contributed by atoms with E-state index < -0.39 is 0 Å². The Morgan fingerprint density at radius 1 is 1.12 bits per heavy atom. The molecule has 0 aromatic heterocycles. The third-order valence-electron chi connectivity index (χ3n) is 1.72. The Hall–Kier alpha value is 1.09. The maximum atomic E-state index is 2.22. The molecule has 2 heteroatoms. The van der Waals surface area contributed by atoms with Gasteiger partial charge in [0, 0.05) is 0 Å². The topological polar surface area (TPSA) is 0 Å². The van der Waals surface area contributed by atoms with Gasteiger partial charge in [0.25, 0.3) is 0 Å². The summed E-state index contributed by atoms with van der Waals surface area (Å²) >= 11 is 2.22. The van der Waals surface area contributed by atoms with E-state index in [0.29, 0.717) is 0 Å². The fourth-order valence-corrected chi connectivity index (χ4v) is 3.57. The molecule has 0 bridgehead atoms. The molecule has 0 amide bonds. The molecule has 0 nitrogen and oxygen atoms in total. The van der Waals surface area contributed by atoms with Crippen molar-refractivity contribution >= 4 is 27.0 Å². The molecule has 0 unspecified atom stereocenters. The molecule has 46 valence electrons. The van der Waals surface area contributed by atoms with Gasteiger partial charge in [-0.05, 0) is 0 Å². The van der Waals surface area contributed by atoms with E-state index in [0.717, 1.165) is 5.66 Å². The zero-order chi connectivity index (χ0) is 5.82. The van der Waals surface area contributed by atoms with Crippen LogP contribution in [0.25, 0.3) is 0 Å². The third-order valence-corrected chi connectivity index (χ3v) is 5.09. The van der Waals surface area contributed by atoms with Gasteiger partial charge in [-0.25, -0.2) is 0 Å². The van der Waals surface area contributed by atoms with Gasteiger partial charge in [0.1, 0.15) is 0 Å². The fourth-order valence-electron chi connectivity index (χ4n) is 1.19. The summed E-state index contributed by atoms with van der Waals surface area (Å²) in [5, 5.41) is 0. The van der Waals surface area contributed by atoms with Crippen molar-refractivity contribution in [3.8, 4) is 0 Å². The zero-order valence-corrected chi connectivity index (χ0v) is 8.19. The van der Waals surface area contributed by atoms with Crippen molar-refractivity contribution in [2.45, 2.75) is 37.8 Å². The molecule has 0 N–H and O–H groups in total. The van der Waals surface area contributed by atoms with Crippen LogP contribution in [0.4, 0.5) is 0 Å². The van der Waals surface area contributed by atoms with Gasteiger partial charge in [0.15, 0.2) is 0 Å². The molecule has 1 rings (SSSR count). The van der Waals surface area contributed by atoms with Crippen LogP contribution >= 0.6 is 5.81 Å². The van der Waals surface area contributed by atoms with Crippen LogP contribution in [-0.2, 0) is 0 Å². The number of hydrogen-bond acceptors (Lipinski definition) is 0. The van der Waals surface area contributed by atoms with Crippen LogP contribution in [0.5, 0.6) is 0 Å². The molecule has 1 fully saturated rings. The van der Waals surface area contributed by atoms with Crippen LogP contribution in [-0.4, -0.2) is 26.9 Å². The van der Waals surface area contributed by atoms with Crippen molar-refractivity contribution in [3.05, 3.63) is 0 Å². The monoisotopic (exact) mass is 244 g/mol. The van der Waals surface area contributed by atoms with Crippen molar-refractivity contribution in [1.29, 1.82) is 0 Å². The van der Waals surface area contributed by atoms with Crippen LogP contribution in [0.15, 0.2) is 0 Å². The van der Waals surface area contributed by atoms with E-state index in [-0.39, 0.29) is 0 Å². The average molecular weight is 242 g/mol. The van der Waals surface area contributed by atoms with E-state index >= 15 is 0 Å². The molecule has 0 aromatic carbocycles. The molecule has 0 aromatic rings. The van der Waals surface area contributed by atoms with E-state index in [1.165, 1.54) is 32.1 Å². The molecule has 0 aliphatic heterocycles. The predicted octanol–water partition coefficient (Wildman–Crippen LogP) is 2.35. The van der Waals surface area contributed by atoms with Gasteiger partial charge in [0.05, 0.1) is 0 Å². The first-order chi connectivity index (χ1) is 3.93. The SMILES string of the molecule is [Te]=PC1CCCCC1. The first kappa shape index (κ1) is 7.20. The first-order valence-corrected chi connectivity index (χ1v) is 7.27. The van der Waals surface area contributed by atoms with Crippen LogP contribution in [0.1, 0.15) is 32.1 Å². The molecule has 8 heavy (non-hydrogen) atoms. The van der Waals surface area contributed by atoms with Crippen molar-refractivity contribution in [1.82, 2.24) is 0 Å². The van der Waals surface area contributed by atoms with E-state index in [9.17, 15) is 0 Å². The third kappa shape index (κ3) is 2.14. The van der Waals surface area contributed by atoms with Crippen LogP contribution in [0.3, 0.4) is 0 Å². The van der Waals surface area contributed by atoms with Gasteiger partial charge in [-0.1, -0.05) is 0 Å². The minimum atomic E-state index is 1.06. The van der Waals surface area contributed by atoms with Crippen molar-refractivity contribution < 1.29 is 0 Å². The second-order valence-corrected chi connectivity index (χ2v) is 5.14. The predicted molar refractivity (Wildman–Crippen MR) is 39.5 cm³/mol. The van der Waals surface area contributed by atoms with Gasteiger partial charge in [-0.3, -0.25) is 0 Å². The Kier molecular flexibility index (Phi) is 3.59. The Balaban J connectivity index is 2.22. The molecule has 1 aliphatic carbocycles. The van der Waals surface area contributed by atoms with E-state index in [1.54, 1.807) is 5.81 Å². The molecule has 1 saturated carbocycles. The Labute approximate surface area is 64.9 Å². The molecule has 0 spiro atoms. The summed E-state index contributed by atoms with van der Waals surface area (Å²) in [4.78, 5) is 0. The van der Waals surface area contributed by atoms with Gasteiger partial charge >= 0.3 is 64.8 Å². The molecular formula is C6H11PTe. The summed E-state index contributed by atoms with van der Waals surface area (Å²) < 4.78 is 0. The Bertz CT molecular complexity index is 76.6. The zero-order valence-electron chi connectivity index (χ0n) is 4.97. The quantitative estimate of drug-likeness (QED) is 0.488. The van der Waals surface area contributed by atoms with Crippen molar-refractivity contribution in [3.63, 3.8) is 0 Å². The van der Waals surface area contributed by atoms with Gasteiger partial charge in [-0.15, -0.1) is 0 Å². The molecule has 0 saturated heterocycles. The van der Waals surface area contributed by atoms with Gasteiger partial charge < -0.3 is 0 Å². The van der Waals surface area contributed by atoms with E-state index in [1.807, 2.05) is 0 Å². The minimum absolute atomic E-state index is 1.06. The van der Waals surface area contributed by atoms with E-state index in [2.05, 4.69) is 21.2 Å². The van der Waals surface area contributed by atoms with Gasteiger partial charge in [0.2, 0.25) is 0 Å².